The van der Waals surface area contributed by atoms with E-state index >= 15 is 0 Å². The largest absolute Gasteiger partial charge is 0.494 e. The highest BCUT2D eigenvalue weighted by atomic mass is 16.5. The van der Waals surface area contributed by atoms with Gasteiger partial charge in [0.05, 0.1) is 23.0 Å². The van der Waals surface area contributed by atoms with Gasteiger partial charge < -0.3 is 19.2 Å². The topological polar surface area (TPSA) is 65.3 Å². The molecular formula is C23H23N3O3. The summed E-state index contributed by atoms with van der Waals surface area (Å²) in [6.45, 7) is 2.95. The van der Waals surface area contributed by atoms with Crippen LogP contribution in [0.4, 0.5) is 0 Å². The summed E-state index contributed by atoms with van der Waals surface area (Å²) >= 11 is 0. The molecule has 0 aliphatic carbocycles. The predicted molar refractivity (Wildman–Crippen MR) is 114 cm³/mol. The van der Waals surface area contributed by atoms with Crippen LogP contribution in [0.2, 0.25) is 0 Å². The summed E-state index contributed by atoms with van der Waals surface area (Å²) < 4.78 is 8.86. The van der Waals surface area contributed by atoms with Crippen LogP contribution in [0.3, 0.4) is 0 Å². The van der Waals surface area contributed by atoms with Crippen LogP contribution >= 0.6 is 0 Å². The van der Waals surface area contributed by atoms with Crippen molar-refractivity contribution in [2.24, 2.45) is 14.1 Å². The minimum atomic E-state index is -0.219. The Morgan fingerprint density at radius 2 is 1.72 bits per heavy atom. The molecule has 0 fully saturated rings. The van der Waals surface area contributed by atoms with Crippen molar-refractivity contribution in [2.75, 3.05) is 6.61 Å². The minimum Gasteiger partial charge on any atom is -0.494 e. The Labute approximate surface area is 168 Å². The van der Waals surface area contributed by atoms with Gasteiger partial charge in [-0.2, -0.15) is 0 Å². The quantitative estimate of drug-likeness (QED) is 0.569. The monoisotopic (exact) mass is 389 g/mol. The van der Waals surface area contributed by atoms with E-state index in [0.717, 1.165) is 27.7 Å². The van der Waals surface area contributed by atoms with Crippen LogP contribution in [0.25, 0.3) is 21.8 Å². The van der Waals surface area contributed by atoms with E-state index in [1.807, 2.05) is 62.5 Å². The summed E-state index contributed by atoms with van der Waals surface area (Å²) in [5, 5.41) is 4.43. The number of carbonyl (C=O) groups excluding carboxylic acids is 1. The van der Waals surface area contributed by atoms with E-state index in [1.165, 1.54) is 0 Å². The van der Waals surface area contributed by atoms with Gasteiger partial charge in [0.1, 0.15) is 11.4 Å². The SMILES string of the molecule is CCOc1ccc(CNC(=O)c2cc3c(=O)n(C)c4ccccc4c3n2C)cc1. The Morgan fingerprint density at radius 3 is 2.45 bits per heavy atom. The first-order valence-corrected chi connectivity index (χ1v) is 9.58. The zero-order valence-corrected chi connectivity index (χ0v) is 16.7. The molecule has 2 heterocycles. The van der Waals surface area contributed by atoms with E-state index < -0.39 is 0 Å². The van der Waals surface area contributed by atoms with Gasteiger partial charge in [0.25, 0.3) is 11.5 Å². The lowest BCUT2D eigenvalue weighted by Crippen LogP contribution is -2.24. The van der Waals surface area contributed by atoms with E-state index in [4.69, 9.17) is 4.74 Å². The molecule has 148 valence electrons. The van der Waals surface area contributed by atoms with Crippen LogP contribution in [-0.4, -0.2) is 21.6 Å². The van der Waals surface area contributed by atoms with Crippen LogP contribution in [0.15, 0.2) is 59.4 Å². The molecule has 0 aliphatic rings. The average Bonchev–Trinajstić information content (AvgIpc) is 3.09. The molecule has 0 spiro atoms. The maximum absolute atomic E-state index is 12.8. The van der Waals surface area contributed by atoms with E-state index in [-0.39, 0.29) is 11.5 Å². The fraction of sp³-hybridized carbons (Fsp3) is 0.217. The summed E-state index contributed by atoms with van der Waals surface area (Å²) in [6, 6.07) is 17.0. The number of carbonyl (C=O) groups is 1. The molecule has 0 saturated carbocycles. The lowest BCUT2D eigenvalue weighted by atomic mass is 10.1. The third kappa shape index (κ3) is 3.27. The molecule has 4 aromatic rings. The average molecular weight is 389 g/mol. The maximum Gasteiger partial charge on any atom is 0.268 e. The first kappa shape index (κ1) is 18.8. The van der Waals surface area contributed by atoms with Crippen molar-refractivity contribution in [3.63, 3.8) is 0 Å². The van der Waals surface area contributed by atoms with Crippen molar-refractivity contribution in [1.82, 2.24) is 14.5 Å². The Hall–Kier alpha value is -3.54. The molecule has 29 heavy (non-hydrogen) atoms. The first-order chi connectivity index (χ1) is 14.0. The van der Waals surface area contributed by atoms with Gasteiger partial charge in [0, 0.05) is 26.0 Å². The Balaban J connectivity index is 1.66. The highest BCUT2D eigenvalue weighted by molar-refractivity contribution is 6.08. The van der Waals surface area contributed by atoms with E-state index in [1.54, 1.807) is 22.2 Å². The molecule has 6 heteroatoms. The normalized spacial score (nSPS) is 11.1. The Morgan fingerprint density at radius 1 is 1.00 bits per heavy atom. The van der Waals surface area contributed by atoms with Gasteiger partial charge in [-0.1, -0.05) is 30.3 Å². The highest BCUT2D eigenvalue weighted by Crippen LogP contribution is 2.25. The number of amides is 1. The third-order valence-electron chi connectivity index (χ3n) is 5.21. The molecule has 2 aromatic heterocycles. The van der Waals surface area contributed by atoms with Crippen molar-refractivity contribution >= 4 is 27.7 Å². The van der Waals surface area contributed by atoms with E-state index in [2.05, 4.69) is 5.32 Å². The summed E-state index contributed by atoms with van der Waals surface area (Å²) in [5.41, 5.74) is 2.93. The Kier molecular flexibility index (Phi) is 4.84. The van der Waals surface area contributed by atoms with E-state index in [0.29, 0.717) is 24.2 Å². The number of hydrogen-bond donors (Lipinski definition) is 1. The van der Waals surface area contributed by atoms with Crippen LogP contribution in [0.5, 0.6) is 5.75 Å². The number of rotatable bonds is 5. The van der Waals surface area contributed by atoms with Gasteiger partial charge in [0.2, 0.25) is 0 Å². The molecule has 1 N–H and O–H groups in total. The molecule has 4 rings (SSSR count). The van der Waals surface area contributed by atoms with Crippen molar-refractivity contribution in [2.45, 2.75) is 13.5 Å². The number of ether oxygens (including phenoxy) is 1. The van der Waals surface area contributed by atoms with Crippen LogP contribution in [0, 0.1) is 0 Å². The number of hydrogen-bond acceptors (Lipinski definition) is 3. The van der Waals surface area contributed by atoms with Gasteiger partial charge in [0.15, 0.2) is 0 Å². The number of nitrogens with one attached hydrogen (secondary N) is 1. The number of pyridine rings is 1. The number of para-hydroxylation sites is 1. The van der Waals surface area contributed by atoms with Crippen LogP contribution < -0.4 is 15.6 Å². The predicted octanol–water partition coefficient (Wildman–Crippen LogP) is 3.36. The van der Waals surface area contributed by atoms with Crippen molar-refractivity contribution in [3.05, 3.63) is 76.2 Å². The maximum atomic E-state index is 12.8. The number of benzene rings is 2. The summed E-state index contributed by atoms with van der Waals surface area (Å²) in [6.07, 6.45) is 0. The van der Waals surface area contributed by atoms with Gasteiger partial charge in [-0.15, -0.1) is 0 Å². The number of aryl methyl sites for hydroxylation is 2. The second-order valence-electron chi connectivity index (χ2n) is 6.99. The lowest BCUT2D eigenvalue weighted by molar-refractivity contribution is 0.0943. The Bertz CT molecular complexity index is 1270. The number of nitrogens with zero attached hydrogens (tertiary/aromatic N) is 2. The summed E-state index contributed by atoms with van der Waals surface area (Å²) in [5.74, 6) is 0.586. The van der Waals surface area contributed by atoms with Gasteiger partial charge in [-0.25, -0.2) is 0 Å². The second kappa shape index (κ2) is 7.47. The first-order valence-electron chi connectivity index (χ1n) is 9.58. The van der Waals surface area contributed by atoms with E-state index in [9.17, 15) is 9.59 Å². The molecule has 0 radical (unpaired) electrons. The second-order valence-corrected chi connectivity index (χ2v) is 6.99. The van der Waals surface area contributed by atoms with Crippen molar-refractivity contribution < 1.29 is 9.53 Å². The standard InChI is InChI=1S/C23H23N3O3/c1-4-29-16-11-9-15(10-12-16)14-24-22(27)20-13-18-21(25(20)2)17-7-5-6-8-19(17)26(3)23(18)28/h5-13H,4,14H2,1-3H3,(H,24,27). The molecule has 6 nitrogen and oxygen atoms in total. The van der Waals surface area contributed by atoms with Crippen LogP contribution in [0.1, 0.15) is 23.0 Å². The van der Waals surface area contributed by atoms with Gasteiger partial charge >= 0.3 is 0 Å². The number of aromatic nitrogens is 2. The zero-order chi connectivity index (χ0) is 20.5. The van der Waals surface area contributed by atoms with Crippen molar-refractivity contribution in [3.8, 4) is 5.75 Å². The van der Waals surface area contributed by atoms with Crippen LogP contribution in [-0.2, 0) is 20.6 Å². The van der Waals surface area contributed by atoms with Crippen molar-refractivity contribution in [1.29, 1.82) is 0 Å². The smallest absolute Gasteiger partial charge is 0.268 e. The molecule has 1 amide bonds. The van der Waals surface area contributed by atoms with Gasteiger partial charge in [-0.3, -0.25) is 9.59 Å². The third-order valence-corrected chi connectivity index (χ3v) is 5.21. The summed E-state index contributed by atoms with van der Waals surface area (Å²) in [7, 11) is 3.57. The zero-order valence-electron chi connectivity index (χ0n) is 16.7. The van der Waals surface area contributed by atoms with Gasteiger partial charge in [-0.05, 0) is 36.8 Å². The molecule has 2 aromatic carbocycles. The molecule has 0 bridgehead atoms. The molecule has 0 atom stereocenters. The number of fused-ring (bicyclic) bond motifs is 3. The molecule has 0 unspecified atom stereocenters. The minimum absolute atomic E-state index is 0.111. The highest BCUT2D eigenvalue weighted by Gasteiger charge is 2.18. The molecule has 0 aliphatic heterocycles. The summed E-state index contributed by atoms with van der Waals surface area (Å²) in [4.78, 5) is 25.6. The molecular weight excluding hydrogens is 366 g/mol. The fourth-order valence-electron chi connectivity index (χ4n) is 3.71. The lowest BCUT2D eigenvalue weighted by Gasteiger charge is -2.09. The fourth-order valence-corrected chi connectivity index (χ4v) is 3.71. The molecule has 0 saturated heterocycles.